The normalized spacial score (nSPS) is 15.9. The second-order valence-corrected chi connectivity index (χ2v) is 8.86. The molecule has 0 saturated carbocycles. The number of urea groups is 1. The summed E-state index contributed by atoms with van der Waals surface area (Å²) < 4.78 is 40.0. The molecule has 1 atom stereocenters. The fraction of sp³-hybridized carbons (Fsp3) is 0.259. The SMILES string of the molecule is CCN1CC[C@@H](C)N(C(=O)Nc2cccc3nccnc23)c2nc(-c3cccc(C(F)(F)F)c3)ccc21. The molecule has 1 aliphatic heterocycles. The zero-order valence-corrected chi connectivity index (χ0v) is 20.3. The standard InChI is InChI=1S/C27H25F3N6O/c1-3-35-15-12-17(2)36(26(37)34-22-9-5-8-21-24(22)32-14-13-31-21)25-23(35)11-10-20(33-25)18-6-4-7-19(16-18)27(28,29)30/h4-11,13-14,16-17H,3,12,15H2,1-2H3,(H,34,37)/t17-/m1/s1. The first-order chi connectivity index (χ1) is 17.8. The first-order valence-electron chi connectivity index (χ1n) is 12.0. The Balaban J connectivity index is 1.58. The Morgan fingerprint density at radius 1 is 1.08 bits per heavy atom. The highest BCUT2D eigenvalue weighted by molar-refractivity contribution is 6.07. The number of rotatable bonds is 3. The van der Waals surface area contributed by atoms with Crippen LogP contribution in [0.1, 0.15) is 25.8 Å². The first kappa shape index (κ1) is 24.5. The maximum Gasteiger partial charge on any atom is 0.416 e. The lowest BCUT2D eigenvalue weighted by Gasteiger charge is -2.28. The van der Waals surface area contributed by atoms with Crippen LogP contribution in [0.3, 0.4) is 0 Å². The number of nitrogens with one attached hydrogen (secondary N) is 1. The van der Waals surface area contributed by atoms with Crippen LogP contribution in [0.5, 0.6) is 0 Å². The van der Waals surface area contributed by atoms with Gasteiger partial charge in [0.05, 0.1) is 28.1 Å². The third kappa shape index (κ3) is 4.78. The van der Waals surface area contributed by atoms with E-state index in [2.05, 4.69) is 20.2 Å². The highest BCUT2D eigenvalue weighted by Gasteiger charge is 2.33. The molecule has 2 amide bonds. The van der Waals surface area contributed by atoms with Crippen LogP contribution in [0, 0.1) is 0 Å². The maximum atomic E-state index is 13.7. The minimum Gasteiger partial charge on any atom is -0.369 e. The number of carbonyl (C=O) groups excluding carboxylic acids is 1. The predicted molar refractivity (Wildman–Crippen MR) is 138 cm³/mol. The summed E-state index contributed by atoms with van der Waals surface area (Å²) in [5.74, 6) is 0.394. The van der Waals surface area contributed by atoms with Gasteiger partial charge in [0.2, 0.25) is 0 Å². The van der Waals surface area contributed by atoms with Crippen LogP contribution in [0.25, 0.3) is 22.3 Å². The fourth-order valence-electron chi connectivity index (χ4n) is 4.58. The van der Waals surface area contributed by atoms with Gasteiger partial charge in [-0.2, -0.15) is 13.2 Å². The highest BCUT2D eigenvalue weighted by Crippen LogP contribution is 2.37. The number of anilines is 3. The number of hydrogen-bond donors (Lipinski definition) is 1. The molecule has 0 radical (unpaired) electrons. The van der Waals surface area contributed by atoms with Crippen LogP contribution in [0.4, 0.5) is 35.2 Å². The molecule has 7 nitrogen and oxygen atoms in total. The van der Waals surface area contributed by atoms with E-state index in [0.717, 1.165) is 17.8 Å². The molecule has 3 heterocycles. The molecule has 0 fully saturated rings. The molecule has 2 aromatic carbocycles. The Kier molecular flexibility index (Phi) is 6.41. The van der Waals surface area contributed by atoms with E-state index in [0.29, 0.717) is 53.3 Å². The summed E-state index contributed by atoms with van der Waals surface area (Å²) in [5.41, 5.74) is 2.38. The molecule has 37 heavy (non-hydrogen) atoms. The lowest BCUT2D eigenvalue weighted by atomic mass is 10.1. The Bertz CT molecular complexity index is 1450. The van der Waals surface area contributed by atoms with Crippen LogP contribution in [-0.2, 0) is 6.18 Å². The van der Waals surface area contributed by atoms with Crippen molar-refractivity contribution < 1.29 is 18.0 Å². The number of nitrogens with zero attached hydrogens (tertiary/aromatic N) is 5. The summed E-state index contributed by atoms with van der Waals surface area (Å²) in [7, 11) is 0. The van der Waals surface area contributed by atoms with Gasteiger partial charge in [0, 0.05) is 37.1 Å². The quantitative estimate of drug-likeness (QED) is 0.350. The molecule has 190 valence electrons. The molecular formula is C27H25F3N6O. The first-order valence-corrected chi connectivity index (χ1v) is 12.0. The number of para-hydroxylation sites is 1. The van der Waals surface area contributed by atoms with Crippen LogP contribution >= 0.6 is 0 Å². The molecular weight excluding hydrogens is 481 g/mol. The van der Waals surface area contributed by atoms with Gasteiger partial charge in [-0.05, 0) is 56.7 Å². The summed E-state index contributed by atoms with van der Waals surface area (Å²) in [6, 6.07) is 13.3. The number of fused-ring (bicyclic) bond motifs is 2. The van der Waals surface area contributed by atoms with Crippen LogP contribution in [0.2, 0.25) is 0 Å². The van der Waals surface area contributed by atoms with Crippen molar-refractivity contribution in [2.24, 2.45) is 0 Å². The van der Waals surface area contributed by atoms with Crippen molar-refractivity contribution in [2.75, 3.05) is 28.2 Å². The number of carbonyl (C=O) groups is 1. The second kappa shape index (κ2) is 9.68. The number of alkyl halides is 3. The van der Waals surface area contributed by atoms with Gasteiger partial charge in [0.25, 0.3) is 0 Å². The summed E-state index contributed by atoms with van der Waals surface area (Å²) in [5, 5.41) is 2.95. The molecule has 0 bridgehead atoms. The van der Waals surface area contributed by atoms with Gasteiger partial charge in [0.15, 0.2) is 5.82 Å². The zero-order chi connectivity index (χ0) is 26.2. The summed E-state index contributed by atoms with van der Waals surface area (Å²) in [6.45, 7) is 5.35. The summed E-state index contributed by atoms with van der Waals surface area (Å²) in [4.78, 5) is 30.8. The molecule has 10 heteroatoms. The Morgan fingerprint density at radius 3 is 2.65 bits per heavy atom. The molecule has 0 aliphatic carbocycles. The Morgan fingerprint density at radius 2 is 1.86 bits per heavy atom. The molecule has 0 unspecified atom stereocenters. The average molecular weight is 507 g/mol. The summed E-state index contributed by atoms with van der Waals surface area (Å²) >= 11 is 0. The van der Waals surface area contributed by atoms with Crippen molar-refractivity contribution >= 4 is 34.3 Å². The van der Waals surface area contributed by atoms with Gasteiger partial charge < -0.3 is 10.2 Å². The number of benzene rings is 2. The van der Waals surface area contributed by atoms with Gasteiger partial charge in [-0.3, -0.25) is 14.9 Å². The van der Waals surface area contributed by atoms with Crippen LogP contribution in [-0.4, -0.2) is 40.1 Å². The fourth-order valence-corrected chi connectivity index (χ4v) is 4.58. The van der Waals surface area contributed by atoms with E-state index in [1.165, 1.54) is 6.07 Å². The van der Waals surface area contributed by atoms with E-state index >= 15 is 0 Å². The van der Waals surface area contributed by atoms with E-state index in [-0.39, 0.29) is 6.04 Å². The lowest BCUT2D eigenvalue weighted by Crippen LogP contribution is -2.42. The van der Waals surface area contributed by atoms with Gasteiger partial charge in [-0.25, -0.2) is 9.78 Å². The minimum atomic E-state index is -4.47. The van der Waals surface area contributed by atoms with Gasteiger partial charge in [-0.1, -0.05) is 18.2 Å². The van der Waals surface area contributed by atoms with Gasteiger partial charge in [-0.15, -0.1) is 0 Å². The van der Waals surface area contributed by atoms with Gasteiger partial charge >= 0.3 is 12.2 Å². The molecule has 2 aromatic heterocycles. The van der Waals surface area contributed by atoms with Crippen LogP contribution < -0.4 is 15.1 Å². The number of hydrogen-bond acceptors (Lipinski definition) is 5. The second-order valence-electron chi connectivity index (χ2n) is 8.86. The number of amides is 2. The topological polar surface area (TPSA) is 74.2 Å². The number of aromatic nitrogens is 3. The number of halogens is 3. The Labute approximate surface area is 212 Å². The molecule has 1 N–H and O–H groups in total. The molecule has 4 aromatic rings. The molecule has 0 saturated heterocycles. The summed E-state index contributed by atoms with van der Waals surface area (Å²) in [6.07, 6.45) is -0.641. The monoisotopic (exact) mass is 506 g/mol. The third-order valence-corrected chi connectivity index (χ3v) is 6.51. The van der Waals surface area contributed by atoms with Crippen molar-refractivity contribution in [3.63, 3.8) is 0 Å². The van der Waals surface area contributed by atoms with E-state index in [9.17, 15) is 18.0 Å². The molecule has 1 aliphatic rings. The minimum absolute atomic E-state index is 0.222. The van der Waals surface area contributed by atoms with Crippen molar-refractivity contribution in [3.05, 3.63) is 72.6 Å². The lowest BCUT2D eigenvalue weighted by molar-refractivity contribution is -0.137. The van der Waals surface area contributed by atoms with Crippen molar-refractivity contribution in [2.45, 2.75) is 32.5 Å². The number of pyridine rings is 1. The highest BCUT2D eigenvalue weighted by atomic mass is 19.4. The zero-order valence-electron chi connectivity index (χ0n) is 20.3. The van der Waals surface area contributed by atoms with Crippen molar-refractivity contribution in [1.82, 2.24) is 15.0 Å². The maximum absolute atomic E-state index is 13.7. The predicted octanol–water partition coefficient (Wildman–Crippen LogP) is 6.37. The molecule has 5 rings (SSSR count). The van der Waals surface area contributed by atoms with E-state index < -0.39 is 17.8 Å². The smallest absolute Gasteiger partial charge is 0.369 e. The van der Waals surface area contributed by atoms with Crippen molar-refractivity contribution in [1.29, 1.82) is 0 Å². The van der Waals surface area contributed by atoms with E-state index in [1.54, 1.807) is 41.6 Å². The van der Waals surface area contributed by atoms with Crippen molar-refractivity contribution in [3.8, 4) is 11.3 Å². The van der Waals surface area contributed by atoms with Crippen LogP contribution in [0.15, 0.2) is 67.0 Å². The third-order valence-electron chi connectivity index (χ3n) is 6.51. The largest absolute Gasteiger partial charge is 0.416 e. The molecule has 0 spiro atoms. The van der Waals surface area contributed by atoms with Gasteiger partial charge in [0.1, 0.15) is 5.52 Å². The average Bonchev–Trinajstić information content (AvgIpc) is 3.03. The van der Waals surface area contributed by atoms with E-state index in [4.69, 9.17) is 4.98 Å². The van der Waals surface area contributed by atoms with E-state index in [1.807, 2.05) is 26.0 Å². The Hall–Kier alpha value is -4.21.